The van der Waals surface area contributed by atoms with E-state index in [9.17, 15) is 8.42 Å². The predicted octanol–water partition coefficient (Wildman–Crippen LogP) is 0.593. The highest BCUT2D eigenvalue weighted by molar-refractivity contribution is 7.89. The van der Waals surface area contributed by atoms with Gasteiger partial charge in [0.1, 0.15) is 5.76 Å². The molecule has 0 aliphatic heterocycles. The summed E-state index contributed by atoms with van der Waals surface area (Å²) < 4.78 is 26.8. The Labute approximate surface area is 89.0 Å². The van der Waals surface area contributed by atoms with Crippen molar-refractivity contribution in [2.75, 3.05) is 6.54 Å². The number of hydrogen-bond acceptors (Lipinski definition) is 4. The van der Waals surface area contributed by atoms with Crippen molar-refractivity contribution in [1.29, 1.82) is 0 Å². The molecule has 5 nitrogen and oxygen atoms in total. The minimum Gasteiger partial charge on any atom is -0.447 e. The van der Waals surface area contributed by atoms with Gasteiger partial charge < -0.3 is 9.73 Å². The van der Waals surface area contributed by atoms with E-state index in [4.69, 9.17) is 9.56 Å². The van der Waals surface area contributed by atoms with Gasteiger partial charge in [-0.2, -0.15) is 0 Å². The predicted molar refractivity (Wildman–Crippen MR) is 56.6 cm³/mol. The standard InChI is InChI=1S/C9H14N2O3S/c1-2-3-6-11-7-8-4-5-9(14-8)15(10,12)13/h2,4-5,11H,1,3,6-7H2,(H2,10,12,13). The molecule has 3 N–H and O–H groups in total. The van der Waals surface area contributed by atoms with Gasteiger partial charge in [-0.25, -0.2) is 13.6 Å². The van der Waals surface area contributed by atoms with E-state index in [-0.39, 0.29) is 5.09 Å². The summed E-state index contributed by atoms with van der Waals surface area (Å²) in [7, 11) is -3.73. The quantitative estimate of drug-likeness (QED) is 0.553. The van der Waals surface area contributed by atoms with Gasteiger partial charge in [-0.15, -0.1) is 6.58 Å². The van der Waals surface area contributed by atoms with Crippen molar-refractivity contribution in [2.45, 2.75) is 18.1 Å². The second-order valence-corrected chi connectivity index (χ2v) is 4.51. The third kappa shape index (κ3) is 3.86. The summed E-state index contributed by atoms with van der Waals surface area (Å²) in [5, 5.41) is 7.75. The highest BCUT2D eigenvalue weighted by Gasteiger charge is 2.12. The molecule has 0 atom stereocenters. The molecule has 0 spiro atoms. The molecule has 0 saturated carbocycles. The van der Waals surface area contributed by atoms with E-state index in [2.05, 4.69) is 11.9 Å². The first-order chi connectivity index (χ1) is 7.04. The molecule has 1 aromatic heterocycles. The first kappa shape index (κ1) is 12.0. The Morgan fingerprint density at radius 2 is 2.27 bits per heavy atom. The van der Waals surface area contributed by atoms with Crippen LogP contribution in [-0.2, 0) is 16.6 Å². The number of hydrogen-bond donors (Lipinski definition) is 2. The fourth-order valence-electron chi connectivity index (χ4n) is 1.02. The largest absolute Gasteiger partial charge is 0.447 e. The van der Waals surface area contributed by atoms with Crippen molar-refractivity contribution in [1.82, 2.24) is 5.32 Å². The summed E-state index contributed by atoms with van der Waals surface area (Å²) >= 11 is 0. The van der Waals surface area contributed by atoms with Crippen molar-refractivity contribution >= 4 is 10.0 Å². The second-order valence-electron chi connectivity index (χ2n) is 3.02. The Balaban J connectivity index is 2.50. The lowest BCUT2D eigenvalue weighted by Crippen LogP contribution is -2.14. The van der Waals surface area contributed by atoms with Crippen LogP contribution < -0.4 is 10.5 Å². The molecule has 1 rings (SSSR count). The SMILES string of the molecule is C=CCCNCc1ccc(S(N)(=O)=O)o1. The first-order valence-corrected chi connectivity index (χ1v) is 6.02. The van der Waals surface area contributed by atoms with Gasteiger partial charge in [0.05, 0.1) is 6.54 Å². The van der Waals surface area contributed by atoms with Crippen molar-refractivity contribution in [3.05, 3.63) is 30.5 Å². The van der Waals surface area contributed by atoms with Crippen molar-refractivity contribution < 1.29 is 12.8 Å². The second kappa shape index (κ2) is 5.11. The zero-order valence-electron chi connectivity index (χ0n) is 8.27. The van der Waals surface area contributed by atoms with Gasteiger partial charge in [0.15, 0.2) is 0 Å². The van der Waals surface area contributed by atoms with Gasteiger partial charge >= 0.3 is 0 Å². The highest BCUT2D eigenvalue weighted by atomic mass is 32.2. The number of nitrogens with one attached hydrogen (secondary N) is 1. The average Bonchev–Trinajstić information content (AvgIpc) is 2.60. The third-order valence-corrected chi connectivity index (χ3v) is 2.52. The van der Waals surface area contributed by atoms with E-state index in [1.54, 1.807) is 12.1 Å². The summed E-state index contributed by atoms with van der Waals surface area (Å²) in [6.07, 6.45) is 2.65. The van der Waals surface area contributed by atoms with E-state index in [0.717, 1.165) is 13.0 Å². The molecule has 0 aromatic carbocycles. The molecule has 6 heteroatoms. The lowest BCUT2D eigenvalue weighted by atomic mass is 10.4. The van der Waals surface area contributed by atoms with Gasteiger partial charge in [-0.05, 0) is 25.1 Å². The maximum absolute atomic E-state index is 10.9. The molecule has 0 radical (unpaired) electrons. The van der Waals surface area contributed by atoms with E-state index in [1.807, 2.05) is 0 Å². The van der Waals surface area contributed by atoms with Crippen LogP contribution in [0.4, 0.5) is 0 Å². The zero-order chi connectivity index (χ0) is 11.3. The molecule has 0 unspecified atom stereocenters. The van der Waals surface area contributed by atoms with Crippen LogP contribution in [0.25, 0.3) is 0 Å². The Morgan fingerprint density at radius 3 is 2.80 bits per heavy atom. The van der Waals surface area contributed by atoms with E-state index in [0.29, 0.717) is 12.3 Å². The summed E-state index contributed by atoms with van der Waals surface area (Å²) in [5.74, 6) is 0.545. The van der Waals surface area contributed by atoms with Gasteiger partial charge in [0, 0.05) is 0 Å². The summed E-state index contributed by atoms with van der Waals surface area (Å²) in [5.41, 5.74) is 0. The molecule has 0 fully saturated rings. The van der Waals surface area contributed by atoms with Crippen molar-refractivity contribution in [3.8, 4) is 0 Å². The molecule has 0 aliphatic carbocycles. The number of furan rings is 1. The van der Waals surface area contributed by atoms with Crippen LogP contribution in [-0.4, -0.2) is 15.0 Å². The van der Waals surface area contributed by atoms with Crippen LogP contribution in [0, 0.1) is 0 Å². The van der Waals surface area contributed by atoms with Gasteiger partial charge in [-0.3, -0.25) is 0 Å². The average molecular weight is 230 g/mol. The van der Waals surface area contributed by atoms with Crippen LogP contribution in [0.3, 0.4) is 0 Å². The van der Waals surface area contributed by atoms with E-state index in [1.165, 1.54) is 6.07 Å². The Morgan fingerprint density at radius 1 is 1.53 bits per heavy atom. The maximum atomic E-state index is 10.9. The summed E-state index contributed by atoms with van der Waals surface area (Å²) in [6.45, 7) is 4.83. The van der Waals surface area contributed by atoms with Crippen LogP contribution in [0.1, 0.15) is 12.2 Å². The van der Waals surface area contributed by atoms with Gasteiger partial charge in [0.25, 0.3) is 10.0 Å². The van der Waals surface area contributed by atoms with E-state index < -0.39 is 10.0 Å². The highest BCUT2D eigenvalue weighted by Crippen LogP contribution is 2.11. The smallest absolute Gasteiger partial charge is 0.271 e. The van der Waals surface area contributed by atoms with Gasteiger partial charge in [-0.1, -0.05) is 6.08 Å². The van der Waals surface area contributed by atoms with Crippen LogP contribution in [0.2, 0.25) is 0 Å². The fraction of sp³-hybridized carbons (Fsp3) is 0.333. The molecule has 15 heavy (non-hydrogen) atoms. The summed E-state index contributed by atoms with van der Waals surface area (Å²) in [6, 6.07) is 2.93. The molecule has 0 aliphatic rings. The monoisotopic (exact) mass is 230 g/mol. The van der Waals surface area contributed by atoms with Crippen LogP contribution in [0.15, 0.2) is 34.3 Å². The number of primary sulfonamides is 1. The normalized spacial score (nSPS) is 11.5. The van der Waals surface area contributed by atoms with E-state index >= 15 is 0 Å². The van der Waals surface area contributed by atoms with Crippen LogP contribution in [0.5, 0.6) is 0 Å². The fourth-order valence-corrected chi connectivity index (χ4v) is 1.50. The number of rotatable bonds is 6. The number of sulfonamides is 1. The van der Waals surface area contributed by atoms with Crippen molar-refractivity contribution in [2.24, 2.45) is 5.14 Å². The molecule has 84 valence electrons. The first-order valence-electron chi connectivity index (χ1n) is 4.47. The lowest BCUT2D eigenvalue weighted by molar-refractivity contribution is 0.403. The minimum absolute atomic E-state index is 0.206. The van der Waals surface area contributed by atoms with Crippen LogP contribution >= 0.6 is 0 Å². The molecule has 1 aromatic rings. The zero-order valence-corrected chi connectivity index (χ0v) is 9.09. The molecule has 1 heterocycles. The number of nitrogens with two attached hydrogens (primary N) is 1. The molecular weight excluding hydrogens is 216 g/mol. The molecule has 0 bridgehead atoms. The summed E-state index contributed by atoms with van der Waals surface area (Å²) in [4.78, 5) is 0. The Kier molecular flexibility index (Phi) is 4.07. The Hall–Kier alpha value is -1.11. The minimum atomic E-state index is -3.73. The maximum Gasteiger partial charge on any atom is 0.271 e. The topological polar surface area (TPSA) is 85.3 Å². The molecule has 0 saturated heterocycles. The third-order valence-electron chi connectivity index (χ3n) is 1.74. The lowest BCUT2D eigenvalue weighted by Gasteiger charge is -1.98. The molecular formula is C9H14N2O3S. The molecule has 0 amide bonds. The Bertz CT molecular complexity index is 422. The van der Waals surface area contributed by atoms with Gasteiger partial charge in [0.2, 0.25) is 5.09 Å². The van der Waals surface area contributed by atoms with Crippen molar-refractivity contribution in [3.63, 3.8) is 0 Å².